The Labute approximate surface area is 109 Å². The molecule has 0 aliphatic carbocycles. The highest BCUT2D eigenvalue weighted by atomic mass is 16.3. The second-order valence-electron chi connectivity index (χ2n) is 5.31. The predicted octanol–water partition coefficient (Wildman–Crippen LogP) is 3.75. The summed E-state index contributed by atoms with van der Waals surface area (Å²) in [6, 6.07) is 6.71. The number of unbranched alkanes of at least 4 members (excludes halogenated alkanes) is 2. The molecule has 1 aliphatic heterocycles. The quantitative estimate of drug-likeness (QED) is 0.743. The lowest BCUT2D eigenvalue weighted by Crippen LogP contribution is -2.36. The van der Waals surface area contributed by atoms with Crippen LogP contribution in [0.2, 0.25) is 0 Å². The van der Waals surface area contributed by atoms with E-state index in [2.05, 4.69) is 24.0 Å². The highest BCUT2D eigenvalue weighted by Gasteiger charge is 2.28. The van der Waals surface area contributed by atoms with Gasteiger partial charge >= 0.3 is 0 Å². The first-order valence-corrected chi connectivity index (χ1v) is 6.95. The normalized spacial score (nSPS) is 24.9. The van der Waals surface area contributed by atoms with Gasteiger partial charge in [-0.25, -0.2) is 0 Å². The molecule has 1 aromatic rings. The van der Waals surface area contributed by atoms with E-state index < -0.39 is 0 Å². The fourth-order valence-corrected chi connectivity index (χ4v) is 2.75. The van der Waals surface area contributed by atoms with Crippen LogP contribution in [0.1, 0.15) is 50.8 Å². The van der Waals surface area contributed by atoms with Crippen molar-refractivity contribution in [2.75, 3.05) is 13.1 Å². The van der Waals surface area contributed by atoms with Gasteiger partial charge in [0.2, 0.25) is 0 Å². The number of rotatable bonds is 5. The third-order valence-electron chi connectivity index (χ3n) is 3.83. The topological polar surface area (TPSA) is 40.2 Å². The molecule has 0 amide bonds. The Hall–Kier alpha value is -1.27. The van der Waals surface area contributed by atoms with Crippen molar-refractivity contribution in [3.63, 3.8) is 0 Å². The lowest BCUT2D eigenvalue weighted by Gasteiger charge is -2.37. The number of likely N-dealkylation sites (tertiary alicyclic amines) is 1. The van der Waals surface area contributed by atoms with Crippen LogP contribution in [-0.4, -0.2) is 18.0 Å². The summed E-state index contributed by atoms with van der Waals surface area (Å²) in [7, 11) is 0. The van der Waals surface area contributed by atoms with E-state index in [4.69, 9.17) is 9.68 Å². The molecule has 2 rings (SSSR count). The van der Waals surface area contributed by atoms with Crippen LogP contribution in [0.5, 0.6) is 0 Å². The van der Waals surface area contributed by atoms with E-state index in [0.717, 1.165) is 37.6 Å². The molecule has 2 atom stereocenters. The van der Waals surface area contributed by atoms with Gasteiger partial charge in [0, 0.05) is 6.42 Å². The number of nitriles is 1. The standard InChI is InChI=1S/C15H22N2O/c1-13-7-10-17(9-4-2-3-8-16)14(12-13)15-6-5-11-18-15/h5-6,11,13-14H,2-4,7,9-10,12H2,1H3/t13-,14-/m0/s1. The van der Waals surface area contributed by atoms with Gasteiger partial charge in [0.15, 0.2) is 0 Å². The number of hydrogen-bond donors (Lipinski definition) is 0. The van der Waals surface area contributed by atoms with Crippen molar-refractivity contribution in [2.45, 2.75) is 45.1 Å². The first-order chi connectivity index (χ1) is 8.81. The van der Waals surface area contributed by atoms with Crippen LogP contribution in [0, 0.1) is 17.2 Å². The maximum atomic E-state index is 8.56. The lowest BCUT2D eigenvalue weighted by atomic mass is 9.91. The van der Waals surface area contributed by atoms with E-state index in [1.807, 2.05) is 6.07 Å². The molecule has 0 unspecified atom stereocenters. The van der Waals surface area contributed by atoms with E-state index in [1.54, 1.807) is 6.26 Å². The Balaban J connectivity index is 1.92. The largest absolute Gasteiger partial charge is 0.468 e. The van der Waals surface area contributed by atoms with Gasteiger partial charge in [-0.05, 0) is 56.8 Å². The average molecular weight is 246 g/mol. The molecule has 18 heavy (non-hydrogen) atoms. The van der Waals surface area contributed by atoms with Crippen LogP contribution >= 0.6 is 0 Å². The van der Waals surface area contributed by atoms with Gasteiger partial charge in [0.1, 0.15) is 5.76 Å². The van der Waals surface area contributed by atoms with E-state index in [-0.39, 0.29) is 0 Å². The molecular weight excluding hydrogens is 224 g/mol. The Morgan fingerprint density at radius 2 is 2.39 bits per heavy atom. The molecule has 3 heteroatoms. The first kappa shape index (κ1) is 13.2. The minimum absolute atomic E-state index is 0.436. The molecule has 0 N–H and O–H groups in total. The average Bonchev–Trinajstić information content (AvgIpc) is 2.90. The highest BCUT2D eigenvalue weighted by molar-refractivity contribution is 5.06. The molecule has 0 bridgehead atoms. The zero-order valence-electron chi connectivity index (χ0n) is 11.1. The van der Waals surface area contributed by atoms with Crippen molar-refractivity contribution in [1.29, 1.82) is 5.26 Å². The number of piperidine rings is 1. The van der Waals surface area contributed by atoms with Gasteiger partial charge < -0.3 is 4.42 Å². The maximum absolute atomic E-state index is 8.56. The monoisotopic (exact) mass is 246 g/mol. The van der Waals surface area contributed by atoms with Crippen LogP contribution < -0.4 is 0 Å². The summed E-state index contributed by atoms with van der Waals surface area (Å²) in [6.07, 6.45) is 7.02. The molecule has 1 saturated heterocycles. The fraction of sp³-hybridized carbons (Fsp3) is 0.667. The Morgan fingerprint density at radius 1 is 1.50 bits per heavy atom. The Kier molecular flexibility index (Phi) is 4.83. The summed E-state index contributed by atoms with van der Waals surface area (Å²) < 4.78 is 5.59. The summed E-state index contributed by atoms with van der Waals surface area (Å²) in [6.45, 7) is 4.56. The van der Waals surface area contributed by atoms with Gasteiger partial charge in [-0.2, -0.15) is 5.26 Å². The Bertz CT molecular complexity index is 380. The van der Waals surface area contributed by atoms with Crippen LogP contribution in [0.25, 0.3) is 0 Å². The van der Waals surface area contributed by atoms with Crippen molar-refractivity contribution < 1.29 is 4.42 Å². The third kappa shape index (κ3) is 3.36. The molecule has 1 aromatic heterocycles. The van der Waals surface area contributed by atoms with E-state index in [0.29, 0.717) is 12.5 Å². The highest BCUT2D eigenvalue weighted by Crippen LogP contribution is 2.34. The van der Waals surface area contributed by atoms with Crippen molar-refractivity contribution in [2.24, 2.45) is 5.92 Å². The minimum atomic E-state index is 0.436. The molecule has 0 spiro atoms. The second-order valence-corrected chi connectivity index (χ2v) is 5.31. The summed E-state index contributed by atoms with van der Waals surface area (Å²) in [5.74, 6) is 1.87. The van der Waals surface area contributed by atoms with Gasteiger partial charge in [-0.3, -0.25) is 4.90 Å². The van der Waals surface area contributed by atoms with Gasteiger partial charge in [0.25, 0.3) is 0 Å². The zero-order valence-corrected chi connectivity index (χ0v) is 11.1. The van der Waals surface area contributed by atoms with Gasteiger partial charge in [-0.1, -0.05) is 6.92 Å². The number of furan rings is 1. The maximum Gasteiger partial charge on any atom is 0.120 e. The molecule has 1 aliphatic rings. The molecule has 0 aromatic carbocycles. The van der Waals surface area contributed by atoms with Crippen LogP contribution in [0.15, 0.2) is 22.8 Å². The fourth-order valence-electron chi connectivity index (χ4n) is 2.75. The predicted molar refractivity (Wildman–Crippen MR) is 70.9 cm³/mol. The molecule has 98 valence electrons. The Morgan fingerprint density at radius 3 is 3.11 bits per heavy atom. The molecule has 2 heterocycles. The van der Waals surface area contributed by atoms with Crippen molar-refractivity contribution in [3.8, 4) is 6.07 Å². The van der Waals surface area contributed by atoms with Crippen LogP contribution in [0.4, 0.5) is 0 Å². The summed E-state index contributed by atoms with van der Waals surface area (Å²) in [4.78, 5) is 2.52. The van der Waals surface area contributed by atoms with Gasteiger partial charge in [-0.15, -0.1) is 0 Å². The lowest BCUT2D eigenvalue weighted by molar-refractivity contribution is 0.1000. The van der Waals surface area contributed by atoms with Crippen molar-refractivity contribution in [3.05, 3.63) is 24.2 Å². The van der Waals surface area contributed by atoms with Crippen LogP contribution in [0.3, 0.4) is 0 Å². The summed E-state index contributed by atoms with van der Waals surface area (Å²) in [5, 5.41) is 8.56. The second kappa shape index (κ2) is 6.61. The molecule has 0 saturated carbocycles. The van der Waals surface area contributed by atoms with Crippen molar-refractivity contribution in [1.82, 2.24) is 4.90 Å². The third-order valence-corrected chi connectivity index (χ3v) is 3.83. The van der Waals surface area contributed by atoms with E-state index in [9.17, 15) is 0 Å². The first-order valence-electron chi connectivity index (χ1n) is 6.95. The van der Waals surface area contributed by atoms with E-state index >= 15 is 0 Å². The van der Waals surface area contributed by atoms with E-state index in [1.165, 1.54) is 12.8 Å². The van der Waals surface area contributed by atoms with Gasteiger partial charge in [0.05, 0.1) is 18.4 Å². The number of nitrogens with zero attached hydrogens (tertiary/aromatic N) is 2. The number of hydrogen-bond acceptors (Lipinski definition) is 3. The van der Waals surface area contributed by atoms with Crippen molar-refractivity contribution >= 4 is 0 Å². The molecular formula is C15H22N2O. The van der Waals surface area contributed by atoms with Crippen LogP contribution in [-0.2, 0) is 0 Å². The molecule has 1 fully saturated rings. The summed E-state index contributed by atoms with van der Waals surface area (Å²) >= 11 is 0. The summed E-state index contributed by atoms with van der Waals surface area (Å²) in [5.41, 5.74) is 0. The minimum Gasteiger partial charge on any atom is -0.468 e. The SMILES string of the molecule is C[C@H]1CCN(CCCCC#N)[C@H](c2ccco2)C1. The smallest absolute Gasteiger partial charge is 0.120 e. The molecule has 0 radical (unpaired) electrons. The molecule has 3 nitrogen and oxygen atoms in total. The zero-order chi connectivity index (χ0) is 12.8.